The van der Waals surface area contributed by atoms with Crippen molar-refractivity contribution in [2.24, 2.45) is 5.92 Å². The number of hydrogen-bond acceptors (Lipinski definition) is 4. The first-order chi connectivity index (χ1) is 12.0. The first-order valence-corrected chi connectivity index (χ1v) is 9.49. The normalized spacial score (nSPS) is 14.9. The van der Waals surface area contributed by atoms with Gasteiger partial charge in [-0.05, 0) is 24.3 Å². The van der Waals surface area contributed by atoms with Gasteiger partial charge in [0.25, 0.3) is 0 Å². The van der Waals surface area contributed by atoms with Gasteiger partial charge in [-0.25, -0.2) is 9.78 Å². The molecule has 0 spiro atoms. The Balaban J connectivity index is 1.59. The zero-order chi connectivity index (χ0) is 17.8. The molecular formula is C19H22N2O3S. The van der Waals surface area contributed by atoms with Crippen LogP contribution in [0.5, 0.6) is 0 Å². The minimum atomic E-state index is -0.963. The number of carboxylic acids is 1. The van der Waals surface area contributed by atoms with Crippen molar-refractivity contribution in [3.63, 3.8) is 0 Å². The van der Waals surface area contributed by atoms with Crippen LogP contribution in [0.15, 0.2) is 29.6 Å². The molecule has 3 rings (SSSR count). The first kappa shape index (κ1) is 17.6. The van der Waals surface area contributed by atoms with Crippen molar-refractivity contribution in [1.29, 1.82) is 0 Å². The van der Waals surface area contributed by atoms with E-state index in [1.807, 2.05) is 17.5 Å². The third kappa shape index (κ3) is 4.89. The second-order valence-electron chi connectivity index (χ2n) is 6.51. The van der Waals surface area contributed by atoms with E-state index in [0.29, 0.717) is 18.0 Å². The lowest BCUT2D eigenvalue weighted by molar-refractivity contribution is -0.142. The van der Waals surface area contributed by atoms with E-state index in [1.54, 1.807) is 0 Å². The van der Waals surface area contributed by atoms with Gasteiger partial charge >= 0.3 is 5.97 Å². The van der Waals surface area contributed by atoms with Gasteiger partial charge < -0.3 is 10.4 Å². The Hall–Kier alpha value is -2.21. The number of hydrogen-bond donors (Lipinski definition) is 2. The fraction of sp³-hybridized carbons (Fsp3) is 0.421. The monoisotopic (exact) mass is 358 g/mol. The van der Waals surface area contributed by atoms with Crippen molar-refractivity contribution in [3.05, 3.63) is 40.9 Å². The van der Waals surface area contributed by atoms with Crippen molar-refractivity contribution in [2.75, 3.05) is 0 Å². The summed E-state index contributed by atoms with van der Waals surface area (Å²) >= 11 is 1.50. The molecule has 5 nitrogen and oxygen atoms in total. The van der Waals surface area contributed by atoms with Crippen LogP contribution in [0.2, 0.25) is 0 Å². The largest absolute Gasteiger partial charge is 0.480 e. The van der Waals surface area contributed by atoms with Gasteiger partial charge in [0.2, 0.25) is 5.91 Å². The molecule has 25 heavy (non-hydrogen) atoms. The van der Waals surface area contributed by atoms with E-state index in [2.05, 4.69) is 29.4 Å². The smallest absolute Gasteiger partial charge is 0.326 e. The molecule has 1 atom stereocenters. The van der Waals surface area contributed by atoms with E-state index in [1.165, 1.54) is 16.9 Å². The van der Waals surface area contributed by atoms with Crippen molar-refractivity contribution in [1.82, 2.24) is 10.3 Å². The Morgan fingerprint density at radius 3 is 2.64 bits per heavy atom. The number of carboxylic acid groups (broad SMARTS) is 1. The van der Waals surface area contributed by atoms with E-state index in [-0.39, 0.29) is 12.3 Å². The van der Waals surface area contributed by atoms with Crippen LogP contribution in [-0.2, 0) is 22.4 Å². The number of nitrogens with one attached hydrogen (secondary N) is 1. The molecule has 1 saturated carbocycles. The van der Waals surface area contributed by atoms with Crippen molar-refractivity contribution >= 4 is 23.2 Å². The number of carbonyl (C=O) groups is 2. The van der Waals surface area contributed by atoms with Crippen molar-refractivity contribution in [3.8, 4) is 10.6 Å². The Morgan fingerprint density at radius 1 is 1.32 bits per heavy atom. The topological polar surface area (TPSA) is 79.3 Å². The molecule has 0 saturated heterocycles. The number of aromatic nitrogens is 1. The van der Waals surface area contributed by atoms with Crippen LogP contribution in [0.3, 0.4) is 0 Å². The molecule has 132 valence electrons. The minimum Gasteiger partial charge on any atom is -0.480 e. The lowest BCUT2D eigenvalue weighted by Crippen LogP contribution is -2.41. The summed E-state index contributed by atoms with van der Waals surface area (Å²) in [5, 5.41) is 14.6. The summed E-state index contributed by atoms with van der Waals surface area (Å²) in [5.74, 6) is -0.806. The Bertz CT molecular complexity index is 750. The number of benzene rings is 1. The van der Waals surface area contributed by atoms with Crippen LogP contribution < -0.4 is 5.32 Å². The quantitative estimate of drug-likeness (QED) is 0.759. The predicted molar refractivity (Wildman–Crippen MR) is 97.5 cm³/mol. The third-order valence-electron chi connectivity index (χ3n) is 4.40. The molecule has 1 aromatic heterocycles. The van der Waals surface area contributed by atoms with Crippen LogP contribution in [0, 0.1) is 5.92 Å². The number of carbonyl (C=O) groups excluding carboxylic acids is 1. The predicted octanol–water partition coefficient (Wildman–Crippen LogP) is 3.28. The molecule has 1 aliphatic carbocycles. The second-order valence-corrected chi connectivity index (χ2v) is 7.37. The molecule has 2 aromatic rings. The van der Waals surface area contributed by atoms with E-state index in [9.17, 15) is 14.7 Å². The summed E-state index contributed by atoms with van der Waals surface area (Å²) in [6.07, 6.45) is 3.75. The Morgan fingerprint density at radius 2 is 2.04 bits per heavy atom. The highest BCUT2D eigenvalue weighted by molar-refractivity contribution is 7.13. The number of nitrogens with zero attached hydrogens (tertiary/aromatic N) is 1. The number of aliphatic carboxylic acids is 1. The highest BCUT2D eigenvalue weighted by Crippen LogP contribution is 2.33. The molecule has 0 bridgehead atoms. The van der Waals surface area contributed by atoms with Crippen LogP contribution in [0.1, 0.15) is 37.4 Å². The van der Waals surface area contributed by atoms with Crippen LogP contribution in [0.25, 0.3) is 10.6 Å². The van der Waals surface area contributed by atoms with Gasteiger partial charge in [0, 0.05) is 10.9 Å². The maximum atomic E-state index is 12.1. The lowest BCUT2D eigenvalue weighted by Gasteiger charge is -2.13. The van der Waals surface area contributed by atoms with Crippen LogP contribution in [-0.4, -0.2) is 28.0 Å². The van der Waals surface area contributed by atoms with E-state index in [4.69, 9.17) is 0 Å². The number of rotatable bonds is 8. The Kier molecular flexibility index (Phi) is 5.48. The molecule has 1 heterocycles. The lowest BCUT2D eigenvalue weighted by atomic mass is 10.1. The van der Waals surface area contributed by atoms with Gasteiger partial charge in [0.1, 0.15) is 11.0 Å². The molecule has 1 unspecified atom stereocenters. The molecular weight excluding hydrogens is 336 g/mol. The van der Waals surface area contributed by atoms with Gasteiger partial charge in [-0.1, -0.05) is 44.0 Å². The van der Waals surface area contributed by atoms with Gasteiger partial charge in [0.15, 0.2) is 0 Å². The van der Waals surface area contributed by atoms with Crippen molar-refractivity contribution < 1.29 is 14.7 Å². The standard InChI is InChI=1S/C19H22N2O3S/c1-2-12-5-7-14(8-6-12)18-20-15(11-25-18)10-17(22)21-16(19(23)24)9-13-3-4-13/h5-8,11,13,16H,2-4,9-10H2,1H3,(H,21,22)(H,23,24). The summed E-state index contributed by atoms with van der Waals surface area (Å²) < 4.78 is 0. The van der Waals surface area contributed by atoms with Gasteiger partial charge in [-0.2, -0.15) is 0 Å². The van der Waals surface area contributed by atoms with E-state index < -0.39 is 12.0 Å². The van der Waals surface area contributed by atoms with Gasteiger partial charge in [0.05, 0.1) is 12.1 Å². The van der Waals surface area contributed by atoms with Crippen LogP contribution in [0.4, 0.5) is 0 Å². The fourth-order valence-electron chi connectivity index (χ4n) is 2.72. The highest BCUT2D eigenvalue weighted by Gasteiger charge is 2.30. The third-order valence-corrected chi connectivity index (χ3v) is 5.34. The first-order valence-electron chi connectivity index (χ1n) is 8.61. The van der Waals surface area contributed by atoms with Gasteiger partial charge in [-0.3, -0.25) is 4.79 Å². The molecule has 6 heteroatoms. The highest BCUT2D eigenvalue weighted by atomic mass is 32.1. The summed E-state index contributed by atoms with van der Waals surface area (Å²) in [4.78, 5) is 27.9. The number of amides is 1. The average molecular weight is 358 g/mol. The summed E-state index contributed by atoms with van der Waals surface area (Å²) in [6, 6.07) is 7.45. The van der Waals surface area contributed by atoms with Crippen LogP contribution >= 0.6 is 11.3 Å². The minimum absolute atomic E-state index is 0.109. The average Bonchev–Trinajstić information content (AvgIpc) is 3.30. The number of thiazole rings is 1. The zero-order valence-electron chi connectivity index (χ0n) is 14.2. The maximum absolute atomic E-state index is 12.1. The van der Waals surface area contributed by atoms with E-state index >= 15 is 0 Å². The molecule has 2 N–H and O–H groups in total. The SMILES string of the molecule is CCc1ccc(-c2nc(CC(=O)NC(CC3CC3)C(=O)O)cs2)cc1. The maximum Gasteiger partial charge on any atom is 0.326 e. The molecule has 1 aliphatic rings. The molecule has 1 amide bonds. The molecule has 0 radical (unpaired) electrons. The zero-order valence-corrected chi connectivity index (χ0v) is 15.0. The van der Waals surface area contributed by atoms with E-state index in [0.717, 1.165) is 29.8 Å². The summed E-state index contributed by atoms with van der Waals surface area (Å²) in [6.45, 7) is 2.11. The molecule has 0 aliphatic heterocycles. The summed E-state index contributed by atoms with van der Waals surface area (Å²) in [7, 11) is 0. The molecule has 1 aromatic carbocycles. The fourth-order valence-corrected chi connectivity index (χ4v) is 3.55. The molecule has 1 fully saturated rings. The Labute approximate surface area is 151 Å². The summed E-state index contributed by atoms with van der Waals surface area (Å²) in [5.41, 5.74) is 2.98. The second kappa shape index (κ2) is 7.78. The number of aryl methyl sites for hydroxylation is 1. The van der Waals surface area contributed by atoms with Crippen molar-refractivity contribution in [2.45, 2.75) is 45.1 Å². The van der Waals surface area contributed by atoms with Gasteiger partial charge in [-0.15, -0.1) is 11.3 Å².